The molecule has 1 heterocycles. The molecule has 0 N–H and O–H groups in total. The van der Waals surface area contributed by atoms with Gasteiger partial charge in [-0.25, -0.2) is 15.0 Å². The molecule has 0 bridgehead atoms. The van der Waals surface area contributed by atoms with Crippen LogP contribution in [0.15, 0.2) is 164 Å². The van der Waals surface area contributed by atoms with Crippen LogP contribution < -0.4 is 0 Å². The fraction of sp³-hybridized carbons (Fsp3) is 0.0625. The van der Waals surface area contributed by atoms with Gasteiger partial charge in [-0.05, 0) is 71.8 Å². The topological polar surface area (TPSA) is 38.7 Å². The first-order chi connectivity index (χ1) is 25.0. The first-order valence-corrected chi connectivity index (χ1v) is 17.5. The predicted octanol–water partition coefficient (Wildman–Crippen LogP) is 12.3. The van der Waals surface area contributed by atoms with Crippen molar-refractivity contribution in [2.45, 2.75) is 19.3 Å². The summed E-state index contributed by atoms with van der Waals surface area (Å²) in [5.41, 5.74) is 10.6. The van der Waals surface area contributed by atoms with Crippen molar-refractivity contribution in [3.63, 3.8) is 0 Å². The lowest BCUT2D eigenvalue weighted by molar-refractivity contribution is 0.661. The lowest BCUT2D eigenvalue weighted by Gasteiger charge is -2.22. The molecule has 0 atom stereocenters. The number of hydrogen-bond acceptors (Lipinski definition) is 3. The zero-order chi connectivity index (χ0) is 34.1. The van der Waals surface area contributed by atoms with Crippen molar-refractivity contribution in [1.82, 2.24) is 15.0 Å². The highest BCUT2D eigenvalue weighted by Gasteiger charge is 2.36. The Morgan fingerprint density at radius 2 is 0.824 bits per heavy atom. The van der Waals surface area contributed by atoms with Crippen LogP contribution in [0.2, 0.25) is 0 Å². The molecule has 0 spiro atoms. The molecule has 9 aromatic rings. The van der Waals surface area contributed by atoms with Gasteiger partial charge in [0.05, 0.1) is 0 Å². The van der Waals surface area contributed by atoms with Crippen LogP contribution in [0.3, 0.4) is 0 Å². The van der Waals surface area contributed by atoms with E-state index >= 15 is 0 Å². The minimum absolute atomic E-state index is 0.0769. The average molecular weight is 652 g/mol. The Morgan fingerprint density at radius 1 is 0.353 bits per heavy atom. The molecule has 0 saturated carbocycles. The Kier molecular flexibility index (Phi) is 6.53. The third kappa shape index (κ3) is 4.62. The fourth-order valence-corrected chi connectivity index (χ4v) is 8.17. The van der Waals surface area contributed by atoms with Gasteiger partial charge in [-0.15, -0.1) is 0 Å². The van der Waals surface area contributed by atoms with Crippen LogP contribution >= 0.6 is 0 Å². The maximum Gasteiger partial charge on any atom is 0.164 e. The Bertz CT molecular complexity index is 2800. The van der Waals surface area contributed by atoms with Crippen molar-refractivity contribution < 1.29 is 0 Å². The first kappa shape index (κ1) is 29.5. The van der Waals surface area contributed by atoms with Crippen molar-refractivity contribution in [2.24, 2.45) is 0 Å². The van der Waals surface area contributed by atoms with Crippen LogP contribution in [-0.2, 0) is 5.41 Å². The maximum atomic E-state index is 5.14. The van der Waals surface area contributed by atoms with E-state index in [-0.39, 0.29) is 5.41 Å². The zero-order valence-electron chi connectivity index (χ0n) is 28.4. The Balaban J connectivity index is 1.20. The molecule has 0 fully saturated rings. The molecular weight excluding hydrogens is 619 g/mol. The van der Waals surface area contributed by atoms with Crippen LogP contribution in [0.5, 0.6) is 0 Å². The molecule has 0 unspecified atom stereocenters. The van der Waals surface area contributed by atoms with Gasteiger partial charge in [0.25, 0.3) is 0 Å². The summed E-state index contributed by atoms with van der Waals surface area (Å²) >= 11 is 0. The molecule has 3 heteroatoms. The van der Waals surface area contributed by atoms with Crippen molar-refractivity contribution in [3.8, 4) is 56.4 Å². The molecular formula is C48H33N3. The molecule has 1 aliphatic rings. The summed E-state index contributed by atoms with van der Waals surface area (Å²) in [6, 6.07) is 58.3. The number of aromatic nitrogens is 3. The molecule has 0 amide bonds. The number of rotatable bonds is 4. The summed E-state index contributed by atoms with van der Waals surface area (Å²) in [7, 11) is 0. The highest BCUT2D eigenvalue weighted by atomic mass is 15.0. The van der Waals surface area contributed by atoms with Gasteiger partial charge in [-0.1, -0.05) is 172 Å². The van der Waals surface area contributed by atoms with Crippen molar-refractivity contribution in [3.05, 3.63) is 175 Å². The normalized spacial score (nSPS) is 13.1. The minimum atomic E-state index is -0.0769. The second kappa shape index (κ2) is 11.3. The minimum Gasteiger partial charge on any atom is -0.208 e. The van der Waals surface area contributed by atoms with Gasteiger partial charge in [0, 0.05) is 22.1 Å². The molecule has 8 aromatic carbocycles. The Labute approximate surface area is 297 Å². The molecule has 0 saturated heterocycles. The third-order valence-electron chi connectivity index (χ3n) is 10.7. The number of benzene rings is 8. The van der Waals surface area contributed by atoms with E-state index in [1.807, 2.05) is 24.3 Å². The van der Waals surface area contributed by atoms with E-state index in [1.54, 1.807) is 0 Å². The van der Waals surface area contributed by atoms with E-state index in [2.05, 4.69) is 153 Å². The van der Waals surface area contributed by atoms with E-state index in [9.17, 15) is 0 Å². The van der Waals surface area contributed by atoms with Crippen LogP contribution in [-0.4, -0.2) is 15.0 Å². The van der Waals surface area contributed by atoms with Gasteiger partial charge < -0.3 is 0 Å². The first-order valence-electron chi connectivity index (χ1n) is 17.5. The molecule has 1 aliphatic carbocycles. The molecule has 0 aliphatic heterocycles. The summed E-state index contributed by atoms with van der Waals surface area (Å²) in [4.78, 5) is 15.2. The SMILES string of the molecule is CC1(C)c2ccccc2-c2c1ccc1c3ccccc3c3cc(-c4nc(-c5ccccc5)nc(-c5ccc(-c6ccccc6)cc5)n4)ccc3c21. The van der Waals surface area contributed by atoms with Gasteiger partial charge in [0.15, 0.2) is 17.5 Å². The molecule has 1 aromatic heterocycles. The summed E-state index contributed by atoms with van der Waals surface area (Å²) in [6.07, 6.45) is 0. The second-order valence-corrected chi connectivity index (χ2v) is 14.0. The molecule has 51 heavy (non-hydrogen) atoms. The number of hydrogen-bond donors (Lipinski definition) is 0. The lowest BCUT2D eigenvalue weighted by Crippen LogP contribution is -2.14. The van der Waals surface area contributed by atoms with E-state index < -0.39 is 0 Å². The monoisotopic (exact) mass is 651 g/mol. The Hall–Kier alpha value is -6.45. The Morgan fingerprint density at radius 3 is 1.53 bits per heavy atom. The van der Waals surface area contributed by atoms with Crippen molar-refractivity contribution in [1.29, 1.82) is 0 Å². The summed E-state index contributed by atoms with van der Waals surface area (Å²) in [5, 5.41) is 7.51. The number of fused-ring (bicyclic) bond motifs is 10. The van der Waals surface area contributed by atoms with E-state index in [4.69, 9.17) is 15.0 Å². The third-order valence-corrected chi connectivity index (χ3v) is 10.7. The van der Waals surface area contributed by atoms with E-state index in [1.165, 1.54) is 60.1 Å². The van der Waals surface area contributed by atoms with Crippen LogP contribution in [0.4, 0.5) is 0 Å². The van der Waals surface area contributed by atoms with Gasteiger partial charge in [-0.3, -0.25) is 0 Å². The molecule has 3 nitrogen and oxygen atoms in total. The zero-order valence-corrected chi connectivity index (χ0v) is 28.4. The predicted molar refractivity (Wildman–Crippen MR) is 212 cm³/mol. The largest absolute Gasteiger partial charge is 0.208 e. The highest BCUT2D eigenvalue weighted by Crippen LogP contribution is 2.53. The van der Waals surface area contributed by atoms with E-state index in [0.717, 1.165) is 22.3 Å². The van der Waals surface area contributed by atoms with Crippen LogP contribution in [0.1, 0.15) is 25.0 Å². The molecule has 0 radical (unpaired) electrons. The molecule has 240 valence electrons. The summed E-state index contributed by atoms with van der Waals surface area (Å²) in [5.74, 6) is 1.96. The van der Waals surface area contributed by atoms with E-state index in [0.29, 0.717) is 17.5 Å². The standard InChI is InChI=1S/C48H33N3/c1-48(2)41-20-12-11-19-39(41)44-42(48)28-27-37-35-17-9-10-18-36(35)40-29-34(25-26-38(40)43(37)44)47-50-45(32-15-7-4-8-16-32)49-46(51-47)33-23-21-31(22-24-33)30-13-5-3-6-14-30/h3-29H,1-2H3. The van der Waals surface area contributed by atoms with Gasteiger partial charge in [0.2, 0.25) is 0 Å². The summed E-state index contributed by atoms with van der Waals surface area (Å²) in [6.45, 7) is 4.70. The summed E-state index contributed by atoms with van der Waals surface area (Å²) < 4.78 is 0. The number of nitrogens with zero attached hydrogens (tertiary/aromatic N) is 3. The van der Waals surface area contributed by atoms with Gasteiger partial charge in [0.1, 0.15) is 0 Å². The van der Waals surface area contributed by atoms with Gasteiger partial charge in [-0.2, -0.15) is 0 Å². The maximum absolute atomic E-state index is 5.14. The highest BCUT2D eigenvalue weighted by molar-refractivity contribution is 6.29. The fourth-order valence-electron chi connectivity index (χ4n) is 8.17. The second-order valence-electron chi connectivity index (χ2n) is 14.0. The lowest BCUT2D eigenvalue weighted by atomic mass is 9.81. The van der Waals surface area contributed by atoms with Crippen molar-refractivity contribution in [2.75, 3.05) is 0 Å². The quantitative estimate of drug-likeness (QED) is 0.178. The molecule has 10 rings (SSSR count). The van der Waals surface area contributed by atoms with Crippen molar-refractivity contribution >= 4 is 32.3 Å². The average Bonchev–Trinajstić information content (AvgIpc) is 3.44. The van der Waals surface area contributed by atoms with Crippen LogP contribution in [0, 0.1) is 0 Å². The van der Waals surface area contributed by atoms with Crippen LogP contribution in [0.25, 0.3) is 88.7 Å². The van der Waals surface area contributed by atoms with Gasteiger partial charge >= 0.3 is 0 Å². The smallest absolute Gasteiger partial charge is 0.164 e.